The third-order valence-electron chi connectivity index (χ3n) is 6.25. The van der Waals surface area contributed by atoms with Crippen molar-refractivity contribution in [1.82, 2.24) is 29.7 Å². The lowest BCUT2D eigenvalue weighted by Gasteiger charge is -2.39. The van der Waals surface area contributed by atoms with Gasteiger partial charge >= 0.3 is 0 Å². The summed E-state index contributed by atoms with van der Waals surface area (Å²) in [5.41, 5.74) is 6.23. The molecule has 4 heterocycles. The second-order valence-corrected chi connectivity index (χ2v) is 8.63. The standard InChI is InChI=1S/C22H25ClN6O/c1-13-20(23)14(2)29-21(25-13)18-11-28(12-19(18)26-29)22(30)17-7-5-4-6-15(17)8-27-9-16(10-27)24-3/h4-7,16,24H,8-12H2,1-3H3. The molecule has 1 amide bonds. The molecule has 2 aliphatic heterocycles. The summed E-state index contributed by atoms with van der Waals surface area (Å²) in [5, 5.41) is 8.62. The molecule has 7 nitrogen and oxygen atoms in total. The number of nitrogens with zero attached hydrogens (tertiary/aromatic N) is 5. The van der Waals surface area contributed by atoms with Crippen molar-refractivity contribution in [2.24, 2.45) is 0 Å². The van der Waals surface area contributed by atoms with Crippen LogP contribution in [-0.2, 0) is 19.6 Å². The first kappa shape index (κ1) is 19.5. The van der Waals surface area contributed by atoms with Crippen molar-refractivity contribution in [3.8, 4) is 0 Å². The van der Waals surface area contributed by atoms with E-state index in [1.165, 1.54) is 0 Å². The number of hydrogen-bond acceptors (Lipinski definition) is 5. The molecular weight excluding hydrogens is 400 g/mol. The lowest BCUT2D eigenvalue weighted by molar-refractivity contribution is 0.0744. The number of hydrogen-bond donors (Lipinski definition) is 1. The first-order valence-electron chi connectivity index (χ1n) is 10.3. The fourth-order valence-electron chi connectivity index (χ4n) is 4.42. The Labute approximate surface area is 180 Å². The van der Waals surface area contributed by atoms with Crippen LogP contribution in [0.3, 0.4) is 0 Å². The maximum absolute atomic E-state index is 13.4. The molecule has 156 valence electrons. The summed E-state index contributed by atoms with van der Waals surface area (Å²) in [6, 6.07) is 8.48. The molecule has 0 atom stereocenters. The second-order valence-electron chi connectivity index (χ2n) is 8.26. The van der Waals surface area contributed by atoms with Crippen LogP contribution < -0.4 is 5.32 Å². The Kier molecular flexibility index (Phi) is 4.76. The number of fused-ring (bicyclic) bond motifs is 3. The fourth-order valence-corrected chi connectivity index (χ4v) is 4.54. The molecule has 1 aromatic carbocycles. The van der Waals surface area contributed by atoms with Crippen molar-refractivity contribution >= 4 is 23.2 Å². The molecule has 1 N–H and O–H groups in total. The van der Waals surface area contributed by atoms with Gasteiger partial charge in [-0.1, -0.05) is 29.8 Å². The molecule has 1 fully saturated rings. The number of aromatic nitrogens is 3. The Morgan fingerprint density at radius 1 is 1.23 bits per heavy atom. The first-order chi connectivity index (χ1) is 14.5. The maximum atomic E-state index is 13.4. The molecule has 30 heavy (non-hydrogen) atoms. The molecular formula is C22H25ClN6O. The molecule has 0 spiro atoms. The largest absolute Gasteiger partial charge is 0.328 e. The molecule has 0 bridgehead atoms. The average Bonchev–Trinajstić information content (AvgIpc) is 3.27. The normalized spacial score (nSPS) is 16.9. The van der Waals surface area contributed by atoms with Gasteiger partial charge in [0.25, 0.3) is 5.91 Å². The molecule has 0 unspecified atom stereocenters. The molecule has 1 saturated heterocycles. The predicted octanol–water partition coefficient (Wildman–Crippen LogP) is 2.56. The third kappa shape index (κ3) is 3.09. The van der Waals surface area contributed by atoms with Crippen molar-refractivity contribution in [3.63, 3.8) is 0 Å². The number of carbonyl (C=O) groups excluding carboxylic acids is 1. The second kappa shape index (κ2) is 7.34. The molecule has 5 rings (SSSR count). The number of likely N-dealkylation sites (tertiary alicyclic amines) is 1. The summed E-state index contributed by atoms with van der Waals surface area (Å²) in [4.78, 5) is 22.3. The third-order valence-corrected chi connectivity index (χ3v) is 6.80. The summed E-state index contributed by atoms with van der Waals surface area (Å²) in [5.74, 6) is 0.0508. The summed E-state index contributed by atoms with van der Waals surface area (Å²) >= 11 is 6.34. The van der Waals surface area contributed by atoms with Crippen LogP contribution in [0.1, 0.15) is 38.6 Å². The van der Waals surface area contributed by atoms with Crippen molar-refractivity contribution in [3.05, 3.63) is 63.1 Å². The van der Waals surface area contributed by atoms with E-state index in [0.717, 1.165) is 59.1 Å². The van der Waals surface area contributed by atoms with E-state index >= 15 is 0 Å². The highest BCUT2D eigenvalue weighted by atomic mass is 35.5. The zero-order valence-corrected chi connectivity index (χ0v) is 18.2. The van der Waals surface area contributed by atoms with Gasteiger partial charge in [0.1, 0.15) is 0 Å². The number of likely N-dealkylation sites (N-methyl/N-ethyl adjacent to an activating group) is 1. The predicted molar refractivity (Wildman–Crippen MR) is 116 cm³/mol. The Morgan fingerprint density at radius 2 is 2.00 bits per heavy atom. The summed E-state index contributed by atoms with van der Waals surface area (Å²) in [6.45, 7) is 7.68. The maximum Gasteiger partial charge on any atom is 0.254 e. The van der Waals surface area contributed by atoms with Crippen LogP contribution in [0.5, 0.6) is 0 Å². The van der Waals surface area contributed by atoms with E-state index in [1.54, 1.807) is 4.52 Å². The summed E-state index contributed by atoms with van der Waals surface area (Å²) in [6.07, 6.45) is 0. The molecule has 0 saturated carbocycles. The van der Waals surface area contributed by atoms with Crippen LogP contribution in [0.15, 0.2) is 24.3 Å². The Hall–Kier alpha value is -2.48. The van der Waals surface area contributed by atoms with Gasteiger partial charge in [0.2, 0.25) is 0 Å². The van der Waals surface area contributed by atoms with Crippen LogP contribution >= 0.6 is 11.6 Å². The van der Waals surface area contributed by atoms with Crippen molar-refractivity contribution in [2.75, 3.05) is 20.1 Å². The van der Waals surface area contributed by atoms with Gasteiger partial charge in [-0.15, -0.1) is 0 Å². The van der Waals surface area contributed by atoms with Crippen molar-refractivity contribution in [1.29, 1.82) is 0 Å². The molecule has 0 radical (unpaired) electrons. The van der Waals surface area contributed by atoms with Crippen LogP contribution in [-0.4, -0.2) is 56.5 Å². The topological polar surface area (TPSA) is 65.8 Å². The summed E-state index contributed by atoms with van der Waals surface area (Å²) < 4.78 is 1.80. The minimum Gasteiger partial charge on any atom is -0.328 e. The number of rotatable bonds is 4. The van der Waals surface area contributed by atoms with Gasteiger partial charge in [0.15, 0.2) is 5.65 Å². The van der Waals surface area contributed by atoms with Crippen molar-refractivity contribution < 1.29 is 4.79 Å². The number of carbonyl (C=O) groups is 1. The highest BCUT2D eigenvalue weighted by Crippen LogP contribution is 2.30. The Bertz CT molecular complexity index is 1150. The Morgan fingerprint density at radius 3 is 2.77 bits per heavy atom. The van der Waals surface area contributed by atoms with E-state index in [0.29, 0.717) is 24.2 Å². The van der Waals surface area contributed by atoms with Gasteiger partial charge in [-0.3, -0.25) is 9.69 Å². The lowest BCUT2D eigenvalue weighted by Crippen LogP contribution is -2.56. The zero-order chi connectivity index (χ0) is 21.0. The number of amides is 1. The van der Waals surface area contributed by atoms with E-state index < -0.39 is 0 Å². The minimum absolute atomic E-state index is 0.0508. The highest BCUT2D eigenvalue weighted by molar-refractivity contribution is 6.31. The van der Waals surface area contributed by atoms with E-state index in [-0.39, 0.29) is 5.91 Å². The van der Waals surface area contributed by atoms with Gasteiger partial charge in [0, 0.05) is 36.8 Å². The number of nitrogens with one attached hydrogen (secondary N) is 1. The van der Waals surface area contributed by atoms with Crippen LogP contribution in [0, 0.1) is 13.8 Å². The molecule has 2 aliphatic rings. The quantitative estimate of drug-likeness (QED) is 0.697. The van der Waals surface area contributed by atoms with E-state index in [4.69, 9.17) is 16.7 Å². The zero-order valence-electron chi connectivity index (χ0n) is 17.4. The SMILES string of the molecule is CNC1CN(Cc2ccccc2C(=O)N2Cc3nn4c(C)c(Cl)c(C)nc4c3C2)C1. The molecule has 2 aromatic heterocycles. The molecule has 3 aromatic rings. The van der Waals surface area contributed by atoms with Gasteiger partial charge in [0.05, 0.1) is 35.2 Å². The smallest absolute Gasteiger partial charge is 0.254 e. The van der Waals surface area contributed by atoms with E-state index in [1.807, 2.05) is 44.0 Å². The van der Waals surface area contributed by atoms with E-state index in [9.17, 15) is 4.79 Å². The Balaban J connectivity index is 1.39. The lowest BCUT2D eigenvalue weighted by atomic mass is 10.0. The van der Waals surface area contributed by atoms with Crippen molar-refractivity contribution in [2.45, 2.75) is 39.5 Å². The summed E-state index contributed by atoms with van der Waals surface area (Å²) in [7, 11) is 1.99. The number of benzene rings is 1. The average molecular weight is 425 g/mol. The van der Waals surface area contributed by atoms with Crippen LogP contribution in [0.2, 0.25) is 5.02 Å². The first-order valence-corrected chi connectivity index (χ1v) is 10.6. The number of aryl methyl sites for hydroxylation is 2. The monoisotopic (exact) mass is 424 g/mol. The molecule has 8 heteroatoms. The van der Waals surface area contributed by atoms with Gasteiger partial charge in [-0.2, -0.15) is 5.10 Å². The molecule has 0 aliphatic carbocycles. The van der Waals surface area contributed by atoms with Gasteiger partial charge in [-0.05, 0) is 32.5 Å². The minimum atomic E-state index is 0.0508. The van der Waals surface area contributed by atoms with E-state index in [2.05, 4.69) is 21.3 Å². The fraction of sp³-hybridized carbons (Fsp3) is 0.409. The van der Waals surface area contributed by atoms with Crippen LogP contribution in [0.4, 0.5) is 0 Å². The highest BCUT2D eigenvalue weighted by Gasteiger charge is 2.32. The van der Waals surface area contributed by atoms with Gasteiger partial charge < -0.3 is 10.2 Å². The van der Waals surface area contributed by atoms with Gasteiger partial charge in [-0.25, -0.2) is 9.50 Å². The van der Waals surface area contributed by atoms with Crippen LogP contribution in [0.25, 0.3) is 5.65 Å². The number of halogens is 1.